The fourth-order valence-corrected chi connectivity index (χ4v) is 4.16. The van der Waals surface area contributed by atoms with Gasteiger partial charge >= 0.3 is 0 Å². The van der Waals surface area contributed by atoms with Crippen LogP contribution in [0.3, 0.4) is 0 Å². The van der Waals surface area contributed by atoms with E-state index in [1.54, 1.807) is 19.1 Å². The topological polar surface area (TPSA) is 84.9 Å². The van der Waals surface area contributed by atoms with Crippen LogP contribution in [0.15, 0.2) is 17.0 Å². The molecule has 0 saturated heterocycles. The number of hydrogen-bond donors (Lipinski definition) is 1. The summed E-state index contributed by atoms with van der Waals surface area (Å²) in [5.74, 6) is 0.503. The Bertz CT molecular complexity index is 828. The van der Waals surface area contributed by atoms with Gasteiger partial charge in [-0.1, -0.05) is 13.8 Å². The Hall–Kier alpha value is -2.22. The van der Waals surface area contributed by atoms with E-state index in [1.165, 1.54) is 21.3 Å². The first kappa shape index (κ1) is 19.1. The van der Waals surface area contributed by atoms with E-state index in [2.05, 4.69) is 5.32 Å². The van der Waals surface area contributed by atoms with Crippen molar-refractivity contribution in [1.82, 2.24) is 5.32 Å². The summed E-state index contributed by atoms with van der Waals surface area (Å²) < 4.78 is 37.4. The van der Waals surface area contributed by atoms with E-state index in [0.717, 1.165) is 4.31 Å². The summed E-state index contributed by atoms with van der Waals surface area (Å²) in [6.45, 7) is 5.90. The maximum Gasteiger partial charge on any atom is 0.269 e. The Kier molecular flexibility index (Phi) is 5.31. The molecular weight excluding hydrogens is 344 g/mol. The highest BCUT2D eigenvalue weighted by molar-refractivity contribution is 7.97. The Morgan fingerprint density at radius 2 is 1.76 bits per heavy atom. The van der Waals surface area contributed by atoms with E-state index in [-0.39, 0.29) is 10.8 Å². The fourth-order valence-electron chi connectivity index (χ4n) is 2.68. The highest BCUT2D eigenvalue weighted by Crippen LogP contribution is 2.44. The maximum atomic E-state index is 12.9. The molecule has 0 saturated carbocycles. The van der Waals surface area contributed by atoms with Crippen molar-refractivity contribution in [1.29, 1.82) is 0 Å². The maximum absolute atomic E-state index is 12.9. The summed E-state index contributed by atoms with van der Waals surface area (Å²) in [4.78, 5) is 12.3. The van der Waals surface area contributed by atoms with Crippen LogP contribution in [0.1, 0.15) is 26.3 Å². The number of carbonyl (C=O) groups is 1. The summed E-state index contributed by atoms with van der Waals surface area (Å²) in [7, 11) is 0.451. The Morgan fingerprint density at radius 3 is 2.28 bits per heavy atom. The fraction of sp³-hybridized carbons (Fsp3) is 0.471. The molecule has 7 nitrogen and oxygen atoms in total. The van der Waals surface area contributed by atoms with Crippen LogP contribution in [-0.2, 0) is 14.8 Å². The van der Waals surface area contributed by atoms with Crippen LogP contribution in [0.4, 0.5) is 5.69 Å². The lowest BCUT2D eigenvalue weighted by Gasteiger charge is -2.30. The number of nitrogens with one attached hydrogen (secondary N) is 1. The third-order valence-corrected chi connectivity index (χ3v) is 6.01. The number of amides is 1. The van der Waals surface area contributed by atoms with Crippen LogP contribution in [0, 0.1) is 5.92 Å². The molecule has 138 valence electrons. The predicted molar refractivity (Wildman–Crippen MR) is 97.3 cm³/mol. The summed E-state index contributed by atoms with van der Waals surface area (Å²) in [5, 5.41) is 2.68. The molecule has 1 aliphatic heterocycles. The molecule has 0 bridgehead atoms. The van der Waals surface area contributed by atoms with Crippen LogP contribution < -0.4 is 19.1 Å². The first-order valence-electron chi connectivity index (χ1n) is 7.89. The van der Waals surface area contributed by atoms with Gasteiger partial charge in [0.15, 0.2) is 16.4 Å². The molecule has 0 atom stereocenters. The Morgan fingerprint density at radius 1 is 1.20 bits per heavy atom. The molecule has 0 fully saturated rings. The minimum Gasteiger partial charge on any atom is -0.493 e. The molecule has 1 heterocycles. The molecular formula is C17H24N2O5S. The number of sulfonamides is 1. The van der Waals surface area contributed by atoms with E-state index in [1.807, 2.05) is 13.8 Å². The second-order valence-corrected chi connectivity index (χ2v) is 8.16. The number of ether oxygens (including phenoxy) is 2. The predicted octanol–water partition coefficient (Wildman–Crippen LogP) is 1.99. The van der Waals surface area contributed by atoms with Crippen molar-refractivity contribution in [2.45, 2.75) is 20.8 Å². The summed E-state index contributed by atoms with van der Waals surface area (Å²) in [6, 6.07) is 3.28. The number of benzene rings is 1. The van der Waals surface area contributed by atoms with Crippen LogP contribution >= 0.6 is 0 Å². The quantitative estimate of drug-likeness (QED) is 0.859. The number of anilines is 1. The lowest BCUT2D eigenvalue weighted by Crippen LogP contribution is -2.40. The molecule has 2 rings (SSSR count). The van der Waals surface area contributed by atoms with Gasteiger partial charge in [0, 0.05) is 25.2 Å². The molecule has 1 aliphatic rings. The molecule has 1 N–H and O–H groups in total. The van der Waals surface area contributed by atoms with Gasteiger partial charge in [0.25, 0.3) is 15.9 Å². The third-order valence-electron chi connectivity index (χ3n) is 4.08. The number of carbonyl (C=O) groups excluding carboxylic acids is 1. The van der Waals surface area contributed by atoms with E-state index in [4.69, 9.17) is 9.47 Å². The minimum absolute atomic E-state index is 0.213. The van der Waals surface area contributed by atoms with Crippen molar-refractivity contribution in [3.05, 3.63) is 22.6 Å². The van der Waals surface area contributed by atoms with Gasteiger partial charge < -0.3 is 14.8 Å². The average Bonchev–Trinajstić information content (AvgIpc) is 2.56. The standard InChI is InChI=1S/C17H24N2O5S/c1-10(2)9-18-17(20)16-11(3)12-7-14(23-5)15(24-6)8-13(12)19(4)25(16,21)22/h7-8,10H,9H2,1-6H3,(H,18,20). The van der Waals surface area contributed by atoms with Crippen LogP contribution in [-0.4, -0.2) is 42.1 Å². The molecule has 0 spiro atoms. The van der Waals surface area contributed by atoms with Crippen molar-refractivity contribution < 1.29 is 22.7 Å². The average molecular weight is 368 g/mol. The van der Waals surface area contributed by atoms with E-state index in [0.29, 0.717) is 34.9 Å². The smallest absolute Gasteiger partial charge is 0.269 e. The number of methoxy groups -OCH3 is 2. The van der Waals surface area contributed by atoms with Gasteiger partial charge in [-0.15, -0.1) is 0 Å². The zero-order valence-corrected chi connectivity index (χ0v) is 16.2. The highest BCUT2D eigenvalue weighted by Gasteiger charge is 2.38. The molecule has 1 aromatic carbocycles. The second kappa shape index (κ2) is 6.95. The molecule has 1 aromatic rings. The van der Waals surface area contributed by atoms with Crippen molar-refractivity contribution in [3.63, 3.8) is 0 Å². The van der Waals surface area contributed by atoms with Crippen molar-refractivity contribution in [2.24, 2.45) is 5.92 Å². The first-order valence-corrected chi connectivity index (χ1v) is 9.33. The van der Waals surface area contributed by atoms with Gasteiger partial charge in [-0.3, -0.25) is 9.10 Å². The summed E-state index contributed by atoms with van der Waals surface area (Å²) in [5.41, 5.74) is 1.44. The van der Waals surface area contributed by atoms with E-state index >= 15 is 0 Å². The van der Waals surface area contributed by atoms with Gasteiger partial charge in [-0.25, -0.2) is 8.42 Å². The monoisotopic (exact) mass is 368 g/mol. The van der Waals surface area contributed by atoms with Gasteiger partial charge in [-0.2, -0.15) is 0 Å². The third kappa shape index (κ3) is 3.30. The van der Waals surface area contributed by atoms with Crippen LogP contribution in [0.5, 0.6) is 11.5 Å². The van der Waals surface area contributed by atoms with Gasteiger partial charge in [0.2, 0.25) is 0 Å². The largest absolute Gasteiger partial charge is 0.493 e. The normalized spacial score (nSPS) is 15.9. The first-order chi connectivity index (χ1) is 11.6. The van der Waals surface area contributed by atoms with Gasteiger partial charge in [0.1, 0.15) is 0 Å². The van der Waals surface area contributed by atoms with Crippen molar-refractivity contribution >= 4 is 27.2 Å². The zero-order valence-electron chi connectivity index (χ0n) is 15.3. The molecule has 1 amide bonds. The lowest BCUT2D eigenvalue weighted by molar-refractivity contribution is -0.116. The van der Waals surface area contributed by atoms with Crippen molar-refractivity contribution in [3.8, 4) is 11.5 Å². The second-order valence-electron chi connectivity index (χ2n) is 6.25. The number of rotatable bonds is 5. The number of fused-ring (bicyclic) bond motifs is 1. The minimum atomic E-state index is -3.95. The number of allylic oxidation sites excluding steroid dienone is 1. The molecule has 0 radical (unpaired) electrons. The SMILES string of the molecule is COc1cc2c(cc1OC)N(C)S(=O)(=O)C(C(=O)NCC(C)C)=C2C. The molecule has 8 heteroatoms. The summed E-state index contributed by atoms with van der Waals surface area (Å²) >= 11 is 0. The molecule has 0 aliphatic carbocycles. The van der Waals surface area contributed by atoms with Crippen molar-refractivity contribution in [2.75, 3.05) is 32.1 Å². The van der Waals surface area contributed by atoms with Crippen LogP contribution in [0.25, 0.3) is 5.57 Å². The molecule has 25 heavy (non-hydrogen) atoms. The Labute approximate surface area is 148 Å². The van der Waals surface area contributed by atoms with Gasteiger partial charge in [0.05, 0.1) is 19.9 Å². The number of hydrogen-bond acceptors (Lipinski definition) is 5. The van der Waals surface area contributed by atoms with E-state index < -0.39 is 15.9 Å². The summed E-state index contributed by atoms with van der Waals surface area (Å²) in [6.07, 6.45) is 0. The zero-order chi connectivity index (χ0) is 18.9. The number of nitrogens with zero attached hydrogens (tertiary/aromatic N) is 1. The highest BCUT2D eigenvalue weighted by atomic mass is 32.2. The lowest BCUT2D eigenvalue weighted by atomic mass is 10.0. The van der Waals surface area contributed by atoms with Crippen LogP contribution in [0.2, 0.25) is 0 Å². The van der Waals surface area contributed by atoms with Gasteiger partial charge in [-0.05, 0) is 24.5 Å². The molecule has 0 aromatic heterocycles. The molecule has 0 unspecified atom stereocenters. The Balaban J connectivity index is 2.66. The van der Waals surface area contributed by atoms with E-state index in [9.17, 15) is 13.2 Å².